The number of hydrogen-bond donors (Lipinski definition) is 1. The molecule has 0 amide bonds. The maximum absolute atomic E-state index is 10.2. The molecular formula is C8H10N2O. The molecule has 0 heterocycles. The van der Waals surface area contributed by atoms with Crippen LogP contribution >= 0.6 is 0 Å². The van der Waals surface area contributed by atoms with Crippen LogP contribution in [0.3, 0.4) is 0 Å². The molecule has 3 heteroatoms. The maximum atomic E-state index is 10.2. The summed E-state index contributed by atoms with van der Waals surface area (Å²) in [4.78, 5) is 10.2. The fourth-order valence-corrected chi connectivity index (χ4v) is 0.863. The van der Waals surface area contributed by atoms with Crippen molar-refractivity contribution in [2.45, 2.75) is 6.92 Å². The van der Waals surface area contributed by atoms with Gasteiger partial charge >= 0.3 is 0 Å². The van der Waals surface area contributed by atoms with Crippen LogP contribution in [0.15, 0.2) is 23.4 Å². The van der Waals surface area contributed by atoms with Gasteiger partial charge in [-0.05, 0) is 29.8 Å². The number of hydrogen-bond acceptors (Lipinski definition) is 3. The maximum Gasteiger partial charge on any atom is 0.112 e. The highest BCUT2D eigenvalue weighted by molar-refractivity contribution is 5.57. The molecule has 0 bridgehead atoms. The summed E-state index contributed by atoms with van der Waals surface area (Å²) in [5.74, 6) is 0. The van der Waals surface area contributed by atoms with E-state index in [4.69, 9.17) is 0 Å². The third-order valence-electron chi connectivity index (χ3n) is 1.60. The lowest BCUT2D eigenvalue weighted by atomic mass is 10.2. The quantitative estimate of drug-likeness (QED) is 0.658. The van der Waals surface area contributed by atoms with E-state index in [0.29, 0.717) is 5.69 Å². The molecular weight excluding hydrogens is 140 g/mol. The second-order valence-electron chi connectivity index (χ2n) is 2.34. The lowest BCUT2D eigenvalue weighted by molar-refractivity contribution is 1.37. The Bertz CT molecular complexity index is 271. The van der Waals surface area contributed by atoms with Crippen LogP contribution in [-0.2, 0) is 0 Å². The van der Waals surface area contributed by atoms with Crippen molar-refractivity contribution in [3.05, 3.63) is 28.7 Å². The van der Waals surface area contributed by atoms with E-state index >= 15 is 0 Å². The van der Waals surface area contributed by atoms with Crippen molar-refractivity contribution in [1.29, 1.82) is 0 Å². The van der Waals surface area contributed by atoms with Crippen molar-refractivity contribution < 1.29 is 0 Å². The zero-order valence-corrected chi connectivity index (χ0v) is 6.59. The predicted molar refractivity (Wildman–Crippen MR) is 46.2 cm³/mol. The molecule has 0 radical (unpaired) electrons. The molecule has 0 fully saturated rings. The third kappa shape index (κ3) is 1.55. The zero-order valence-electron chi connectivity index (χ0n) is 6.59. The molecule has 0 aliphatic heterocycles. The van der Waals surface area contributed by atoms with Crippen LogP contribution in [0.5, 0.6) is 0 Å². The highest BCUT2D eigenvalue weighted by atomic mass is 16.3. The van der Waals surface area contributed by atoms with E-state index in [1.54, 1.807) is 13.1 Å². The Labute approximate surface area is 65.4 Å². The van der Waals surface area contributed by atoms with Gasteiger partial charge in [0.15, 0.2) is 0 Å². The van der Waals surface area contributed by atoms with Crippen LogP contribution in [0.2, 0.25) is 0 Å². The van der Waals surface area contributed by atoms with Crippen LogP contribution in [0.25, 0.3) is 0 Å². The molecule has 58 valence electrons. The SMILES string of the molecule is CNc1ccc(C)c(N=O)c1. The molecule has 1 aromatic rings. The van der Waals surface area contributed by atoms with E-state index in [0.717, 1.165) is 11.3 Å². The molecule has 0 atom stereocenters. The lowest BCUT2D eigenvalue weighted by Crippen LogP contribution is -1.87. The van der Waals surface area contributed by atoms with E-state index in [1.165, 1.54) is 0 Å². The predicted octanol–water partition coefficient (Wildman–Crippen LogP) is 2.43. The molecule has 0 aliphatic carbocycles. The van der Waals surface area contributed by atoms with Gasteiger partial charge in [0.1, 0.15) is 5.69 Å². The Morgan fingerprint density at radius 2 is 2.18 bits per heavy atom. The Morgan fingerprint density at radius 1 is 1.45 bits per heavy atom. The number of anilines is 1. The first kappa shape index (κ1) is 7.72. The molecule has 1 N–H and O–H groups in total. The van der Waals surface area contributed by atoms with Crippen LogP contribution < -0.4 is 5.32 Å². The highest BCUT2D eigenvalue weighted by Crippen LogP contribution is 2.21. The summed E-state index contributed by atoms with van der Waals surface area (Å²) in [6.07, 6.45) is 0. The first-order valence-corrected chi connectivity index (χ1v) is 3.39. The van der Waals surface area contributed by atoms with Crippen molar-refractivity contribution in [3.8, 4) is 0 Å². The summed E-state index contributed by atoms with van der Waals surface area (Å²) in [5, 5.41) is 5.82. The topological polar surface area (TPSA) is 41.5 Å². The average molecular weight is 150 g/mol. The standard InChI is InChI=1S/C8H10N2O/c1-6-3-4-7(9-2)5-8(6)10-11/h3-5,9H,1-2H3. The Hall–Kier alpha value is -1.38. The first-order chi connectivity index (χ1) is 5.27. The largest absolute Gasteiger partial charge is 0.388 e. The Balaban J connectivity index is 3.12. The number of rotatable bonds is 2. The molecule has 0 aromatic heterocycles. The second kappa shape index (κ2) is 3.14. The van der Waals surface area contributed by atoms with Crippen molar-refractivity contribution in [1.82, 2.24) is 0 Å². The fraction of sp³-hybridized carbons (Fsp3) is 0.250. The van der Waals surface area contributed by atoms with Crippen molar-refractivity contribution in [3.63, 3.8) is 0 Å². The van der Waals surface area contributed by atoms with Gasteiger partial charge < -0.3 is 5.32 Å². The minimum absolute atomic E-state index is 0.497. The van der Waals surface area contributed by atoms with E-state index in [1.807, 2.05) is 19.1 Å². The van der Waals surface area contributed by atoms with Crippen LogP contribution in [0.4, 0.5) is 11.4 Å². The Kier molecular flexibility index (Phi) is 2.21. The van der Waals surface area contributed by atoms with Crippen molar-refractivity contribution >= 4 is 11.4 Å². The van der Waals surface area contributed by atoms with E-state index < -0.39 is 0 Å². The van der Waals surface area contributed by atoms with Crippen molar-refractivity contribution in [2.24, 2.45) is 5.18 Å². The molecule has 3 nitrogen and oxygen atoms in total. The average Bonchev–Trinajstić information content (AvgIpc) is 2.05. The molecule has 11 heavy (non-hydrogen) atoms. The molecule has 1 rings (SSSR count). The summed E-state index contributed by atoms with van der Waals surface area (Å²) in [6.45, 7) is 1.86. The lowest BCUT2D eigenvalue weighted by Gasteiger charge is -2.01. The van der Waals surface area contributed by atoms with Gasteiger partial charge in [0.05, 0.1) is 0 Å². The van der Waals surface area contributed by atoms with Gasteiger partial charge in [0.25, 0.3) is 0 Å². The number of nitrogens with zero attached hydrogens (tertiary/aromatic N) is 1. The number of benzene rings is 1. The van der Waals surface area contributed by atoms with Crippen LogP contribution in [0, 0.1) is 11.8 Å². The molecule has 0 aliphatic rings. The van der Waals surface area contributed by atoms with E-state index in [9.17, 15) is 4.91 Å². The zero-order chi connectivity index (χ0) is 8.27. The molecule has 0 spiro atoms. The summed E-state index contributed by atoms with van der Waals surface area (Å²) in [6, 6.07) is 5.49. The molecule has 0 unspecified atom stereocenters. The normalized spacial score (nSPS) is 9.27. The molecule has 0 saturated heterocycles. The fourth-order valence-electron chi connectivity index (χ4n) is 0.863. The minimum Gasteiger partial charge on any atom is -0.388 e. The number of nitroso groups, excluding NO2 is 1. The van der Waals surface area contributed by atoms with Crippen LogP contribution in [0.1, 0.15) is 5.56 Å². The highest BCUT2D eigenvalue weighted by Gasteiger charge is 1.97. The van der Waals surface area contributed by atoms with E-state index in [2.05, 4.69) is 10.5 Å². The Morgan fingerprint density at radius 3 is 2.73 bits per heavy atom. The van der Waals surface area contributed by atoms with Gasteiger partial charge in [-0.3, -0.25) is 0 Å². The van der Waals surface area contributed by atoms with Gasteiger partial charge in [-0.2, -0.15) is 0 Å². The van der Waals surface area contributed by atoms with Gasteiger partial charge in [0, 0.05) is 12.7 Å². The smallest absolute Gasteiger partial charge is 0.112 e. The monoisotopic (exact) mass is 150 g/mol. The van der Waals surface area contributed by atoms with Crippen molar-refractivity contribution in [2.75, 3.05) is 12.4 Å². The first-order valence-electron chi connectivity index (χ1n) is 3.39. The summed E-state index contributed by atoms with van der Waals surface area (Å²) in [7, 11) is 1.80. The van der Waals surface area contributed by atoms with Crippen LogP contribution in [-0.4, -0.2) is 7.05 Å². The summed E-state index contributed by atoms with van der Waals surface area (Å²) in [5.41, 5.74) is 2.31. The van der Waals surface area contributed by atoms with Gasteiger partial charge in [0.2, 0.25) is 0 Å². The van der Waals surface area contributed by atoms with Gasteiger partial charge in [-0.25, -0.2) is 0 Å². The summed E-state index contributed by atoms with van der Waals surface area (Å²) >= 11 is 0. The molecule has 1 aromatic carbocycles. The minimum atomic E-state index is 0.497. The second-order valence-corrected chi connectivity index (χ2v) is 2.34. The van der Waals surface area contributed by atoms with Gasteiger partial charge in [-0.15, -0.1) is 4.91 Å². The molecule has 0 saturated carbocycles. The number of nitrogens with one attached hydrogen (secondary N) is 1. The van der Waals surface area contributed by atoms with E-state index in [-0.39, 0.29) is 0 Å². The number of aryl methyl sites for hydroxylation is 1. The van der Waals surface area contributed by atoms with Gasteiger partial charge in [-0.1, -0.05) is 6.07 Å². The third-order valence-corrected chi connectivity index (χ3v) is 1.60. The summed E-state index contributed by atoms with van der Waals surface area (Å²) < 4.78 is 0.